The molecule has 17 nitrogen and oxygen atoms in total. The molecule has 0 radical (unpaired) electrons. The Hall–Kier alpha value is -8.34. The molecule has 0 amide bonds. The van der Waals surface area contributed by atoms with E-state index in [0.717, 1.165) is 0 Å². The summed E-state index contributed by atoms with van der Waals surface area (Å²) in [5, 5.41) is 173. The zero-order chi connectivity index (χ0) is 39.7. The molecule has 1 aromatic heterocycles. The molecule has 7 aromatic carbocycles. The van der Waals surface area contributed by atoms with Crippen molar-refractivity contribution in [2.75, 3.05) is 0 Å². The third-order valence-electron chi connectivity index (χ3n) is 9.60. The van der Waals surface area contributed by atoms with Gasteiger partial charge in [-0.1, -0.05) is 24.3 Å². The summed E-state index contributed by atoms with van der Waals surface area (Å²) in [6, 6.07) is 11.7. The first-order valence-corrected chi connectivity index (χ1v) is 15.6. The number of phenolic OH excluding ortho intramolecular Hbond substituents is 16. The van der Waals surface area contributed by atoms with Crippen molar-refractivity contribution in [1.82, 2.24) is 0 Å². The van der Waals surface area contributed by atoms with Gasteiger partial charge in [-0.05, 0) is 29.8 Å². The van der Waals surface area contributed by atoms with E-state index in [1.165, 1.54) is 18.2 Å². The number of rotatable bonds is 3. The van der Waals surface area contributed by atoms with Gasteiger partial charge in [-0.3, -0.25) is 0 Å². The van der Waals surface area contributed by atoms with Gasteiger partial charge in [0.15, 0.2) is 34.5 Å². The third kappa shape index (κ3) is 4.22. The first kappa shape index (κ1) is 33.8. The molecule has 278 valence electrons. The minimum Gasteiger partial charge on any atom is -0.507 e. The molecule has 1 heterocycles. The molecule has 0 saturated carbocycles. The van der Waals surface area contributed by atoms with E-state index in [1.807, 2.05) is 0 Å². The van der Waals surface area contributed by atoms with E-state index in [0.29, 0.717) is 28.0 Å². The average molecular weight is 753 g/mol. The SMILES string of the molecule is Oc1c(O)c(O)c(-c2cc(O)c3c(-c4c(O)c(O)c(O)c(O)c4O)c4c(O)c(O)c(O)c(O)c4c(-c4ccc5oc6ccccc6c5c4)c3c2O)c(O)c1O. The van der Waals surface area contributed by atoms with E-state index >= 15 is 0 Å². The fourth-order valence-electron chi connectivity index (χ4n) is 7.06. The summed E-state index contributed by atoms with van der Waals surface area (Å²) >= 11 is 0. The molecule has 0 aliphatic carbocycles. The number of fused-ring (bicyclic) bond motifs is 5. The van der Waals surface area contributed by atoms with Crippen molar-refractivity contribution < 1.29 is 86.1 Å². The first-order chi connectivity index (χ1) is 26.0. The van der Waals surface area contributed by atoms with Gasteiger partial charge in [-0.25, -0.2) is 0 Å². The van der Waals surface area contributed by atoms with Crippen LogP contribution in [0.2, 0.25) is 0 Å². The normalized spacial score (nSPS) is 11.7. The van der Waals surface area contributed by atoms with E-state index in [-0.39, 0.29) is 5.56 Å². The van der Waals surface area contributed by atoms with Crippen LogP contribution in [-0.2, 0) is 0 Å². The van der Waals surface area contributed by atoms with E-state index in [9.17, 15) is 81.7 Å². The summed E-state index contributed by atoms with van der Waals surface area (Å²) in [6.45, 7) is 0. The zero-order valence-corrected chi connectivity index (χ0v) is 27.2. The summed E-state index contributed by atoms with van der Waals surface area (Å²) in [7, 11) is 0. The molecule has 0 saturated heterocycles. The molecule has 0 aliphatic heterocycles. The number of furan rings is 1. The molecule has 0 atom stereocenters. The van der Waals surface area contributed by atoms with Crippen LogP contribution in [0.1, 0.15) is 0 Å². The number of hydrogen-bond acceptors (Lipinski definition) is 17. The largest absolute Gasteiger partial charge is 0.507 e. The van der Waals surface area contributed by atoms with Crippen molar-refractivity contribution in [2.45, 2.75) is 0 Å². The van der Waals surface area contributed by atoms with Crippen molar-refractivity contribution in [3.05, 3.63) is 48.5 Å². The maximum Gasteiger partial charge on any atom is 0.208 e. The third-order valence-corrected chi connectivity index (χ3v) is 9.60. The fourth-order valence-corrected chi connectivity index (χ4v) is 7.06. The lowest BCUT2D eigenvalue weighted by molar-refractivity contribution is 0.330. The van der Waals surface area contributed by atoms with Gasteiger partial charge in [0.25, 0.3) is 0 Å². The van der Waals surface area contributed by atoms with Crippen LogP contribution >= 0.6 is 0 Å². The number of aromatic hydroxyl groups is 16. The van der Waals surface area contributed by atoms with Gasteiger partial charge in [-0.2, -0.15) is 0 Å². The average Bonchev–Trinajstić information content (AvgIpc) is 3.55. The molecule has 8 aromatic rings. The number of benzene rings is 7. The number of phenols is 16. The highest BCUT2D eigenvalue weighted by atomic mass is 16.4. The summed E-state index contributed by atoms with van der Waals surface area (Å²) in [5.74, 6) is -21.4. The minimum absolute atomic E-state index is 0.0260. The van der Waals surface area contributed by atoms with Crippen LogP contribution in [0.5, 0.6) is 92.0 Å². The van der Waals surface area contributed by atoms with Crippen molar-refractivity contribution >= 4 is 43.5 Å². The Bertz CT molecular complexity index is 2990. The number of para-hydroxylation sites is 1. The van der Waals surface area contributed by atoms with Crippen molar-refractivity contribution in [1.29, 1.82) is 0 Å². The minimum atomic E-state index is -1.45. The predicted octanol–water partition coefficient (Wildman–Crippen LogP) is 6.18. The first-order valence-electron chi connectivity index (χ1n) is 15.6. The highest BCUT2D eigenvalue weighted by Crippen LogP contribution is 2.65. The molecule has 0 aliphatic rings. The maximum atomic E-state index is 12.2. The molecule has 0 spiro atoms. The molecule has 55 heavy (non-hydrogen) atoms. The highest BCUT2D eigenvalue weighted by molar-refractivity contribution is 6.30. The quantitative estimate of drug-likeness (QED) is 0.0543. The van der Waals surface area contributed by atoms with Crippen LogP contribution in [0.25, 0.3) is 76.9 Å². The smallest absolute Gasteiger partial charge is 0.208 e. The second kappa shape index (κ2) is 11.1. The van der Waals surface area contributed by atoms with Crippen LogP contribution in [-0.4, -0.2) is 81.7 Å². The van der Waals surface area contributed by atoms with E-state index < -0.39 is 141 Å². The highest BCUT2D eigenvalue weighted by Gasteiger charge is 2.36. The fraction of sp³-hybridized carbons (Fsp3) is 0. The monoisotopic (exact) mass is 752 g/mol. The molecular weight excluding hydrogens is 728 g/mol. The summed E-state index contributed by atoms with van der Waals surface area (Å²) in [4.78, 5) is 0. The summed E-state index contributed by atoms with van der Waals surface area (Å²) in [6.07, 6.45) is 0. The number of hydrogen-bond donors (Lipinski definition) is 16. The molecule has 0 bridgehead atoms. The van der Waals surface area contributed by atoms with E-state index in [2.05, 4.69) is 0 Å². The van der Waals surface area contributed by atoms with E-state index in [1.54, 1.807) is 24.3 Å². The molecule has 0 fully saturated rings. The Kier molecular flexibility index (Phi) is 6.81. The van der Waals surface area contributed by atoms with Crippen LogP contribution in [0.3, 0.4) is 0 Å². The van der Waals surface area contributed by atoms with Gasteiger partial charge in [0.05, 0.1) is 11.1 Å². The van der Waals surface area contributed by atoms with Gasteiger partial charge >= 0.3 is 0 Å². The molecule has 17 heteroatoms. The Balaban J connectivity index is 1.72. The second-order valence-electron chi connectivity index (χ2n) is 12.5. The Labute approximate surface area is 303 Å². The zero-order valence-electron chi connectivity index (χ0n) is 27.2. The lowest BCUT2D eigenvalue weighted by Crippen LogP contribution is -1.96. The van der Waals surface area contributed by atoms with Crippen LogP contribution < -0.4 is 0 Å². The van der Waals surface area contributed by atoms with Crippen LogP contribution in [0.15, 0.2) is 52.9 Å². The van der Waals surface area contributed by atoms with Gasteiger partial charge in [0.1, 0.15) is 22.7 Å². The van der Waals surface area contributed by atoms with Gasteiger partial charge < -0.3 is 86.1 Å². The molecule has 16 N–H and O–H groups in total. The summed E-state index contributed by atoms with van der Waals surface area (Å²) < 4.78 is 5.91. The maximum absolute atomic E-state index is 12.2. The molecule has 8 rings (SSSR count). The van der Waals surface area contributed by atoms with Crippen molar-refractivity contribution in [2.24, 2.45) is 0 Å². The van der Waals surface area contributed by atoms with Crippen LogP contribution in [0.4, 0.5) is 0 Å². The van der Waals surface area contributed by atoms with Gasteiger partial charge in [0.2, 0.25) is 46.0 Å². The van der Waals surface area contributed by atoms with E-state index in [4.69, 9.17) is 4.42 Å². The van der Waals surface area contributed by atoms with Crippen molar-refractivity contribution in [3.63, 3.8) is 0 Å². The Morgan fingerprint density at radius 1 is 0.309 bits per heavy atom. The van der Waals surface area contributed by atoms with Crippen molar-refractivity contribution in [3.8, 4) is 125 Å². The topological polar surface area (TPSA) is 337 Å². The van der Waals surface area contributed by atoms with Gasteiger partial charge in [-0.15, -0.1) is 0 Å². The van der Waals surface area contributed by atoms with Crippen LogP contribution in [0, 0.1) is 0 Å². The lowest BCUT2D eigenvalue weighted by atomic mass is 9.81. The Morgan fingerprint density at radius 2 is 0.745 bits per heavy atom. The predicted molar refractivity (Wildman–Crippen MR) is 192 cm³/mol. The van der Waals surface area contributed by atoms with Gasteiger partial charge in [0, 0.05) is 49.0 Å². The standard InChI is InChI=1S/C38H24O17/c39-13-8-12(17-25(41)31(47)37(53)32(48)26(17)42)24(40)20-16(9-5-6-15-11(7-9)10-3-1-2-4-14(10)55-15)21-22(28(44)34(50)33(49)27(21)43)19(18(13)20)23-29(45)35(51)38(54)36(52)30(23)46/h1-8,39-54H. The lowest BCUT2D eigenvalue weighted by Gasteiger charge is -2.24. The second-order valence-corrected chi connectivity index (χ2v) is 12.5. The Morgan fingerprint density at radius 3 is 1.31 bits per heavy atom. The molecule has 0 unspecified atom stereocenters. The summed E-state index contributed by atoms with van der Waals surface area (Å²) in [5.41, 5.74) is -3.49. The molecular formula is C38H24O17.